The molecule has 1 aliphatic heterocycles. The molecule has 0 saturated carbocycles. The fraction of sp³-hybridized carbons (Fsp3) is 0.250. The highest BCUT2D eigenvalue weighted by Crippen LogP contribution is 2.31. The molecule has 0 atom stereocenters. The van der Waals surface area contributed by atoms with Gasteiger partial charge in [-0.2, -0.15) is 0 Å². The van der Waals surface area contributed by atoms with Crippen LogP contribution in [0.3, 0.4) is 0 Å². The van der Waals surface area contributed by atoms with E-state index in [9.17, 15) is 12.8 Å². The molecule has 0 N–H and O–H groups in total. The molecule has 0 aromatic heterocycles. The van der Waals surface area contributed by atoms with E-state index in [1.807, 2.05) is 42.5 Å². The van der Waals surface area contributed by atoms with Crippen molar-refractivity contribution in [2.45, 2.75) is 30.3 Å². The van der Waals surface area contributed by atoms with Gasteiger partial charge in [-0.1, -0.05) is 41.9 Å². The van der Waals surface area contributed by atoms with Gasteiger partial charge in [0.25, 0.3) is 10.0 Å². The van der Waals surface area contributed by atoms with Gasteiger partial charge in [-0.05, 0) is 66.9 Å². The van der Waals surface area contributed by atoms with Gasteiger partial charge in [-0.25, -0.2) is 12.8 Å². The van der Waals surface area contributed by atoms with E-state index in [2.05, 4.69) is 4.90 Å². The Morgan fingerprint density at radius 1 is 0.903 bits per heavy atom. The zero-order valence-corrected chi connectivity index (χ0v) is 18.6. The Morgan fingerprint density at radius 2 is 1.52 bits per heavy atom. The monoisotopic (exact) mass is 458 g/mol. The van der Waals surface area contributed by atoms with E-state index in [1.54, 1.807) is 12.1 Å². The van der Waals surface area contributed by atoms with E-state index in [0.717, 1.165) is 19.6 Å². The van der Waals surface area contributed by atoms with Crippen LogP contribution in [0.2, 0.25) is 5.02 Å². The van der Waals surface area contributed by atoms with Gasteiger partial charge in [0.2, 0.25) is 0 Å². The molecule has 0 unspecified atom stereocenters. The summed E-state index contributed by atoms with van der Waals surface area (Å²) in [5.74, 6) is -0.458. The fourth-order valence-corrected chi connectivity index (χ4v) is 5.84. The van der Waals surface area contributed by atoms with Gasteiger partial charge < -0.3 is 0 Å². The number of benzene rings is 3. The first-order valence-corrected chi connectivity index (χ1v) is 12.1. The van der Waals surface area contributed by atoms with Crippen LogP contribution < -0.4 is 4.31 Å². The standard InChI is InChI=1S/C24H24ClFN2O2S/c25-20-8-6-19(7-9-20)18-27-16-14-23(15-17-27)28(22-4-2-1-3-5-22)31(29,30)24-12-10-21(26)11-13-24/h1-13,23H,14-18H2. The SMILES string of the molecule is O=S(=O)(c1ccc(F)cc1)N(c1ccccc1)C1CCN(Cc2ccc(Cl)cc2)CC1. The molecule has 4 rings (SSSR count). The lowest BCUT2D eigenvalue weighted by Crippen LogP contribution is -2.47. The van der Waals surface area contributed by atoms with Crippen molar-refractivity contribution >= 4 is 27.3 Å². The van der Waals surface area contributed by atoms with E-state index >= 15 is 0 Å². The minimum atomic E-state index is -3.82. The highest BCUT2D eigenvalue weighted by atomic mass is 35.5. The van der Waals surface area contributed by atoms with Crippen molar-refractivity contribution in [2.75, 3.05) is 17.4 Å². The minimum Gasteiger partial charge on any atom is -0.299 e. The molecular formula is C24H24ClFN2O2S. The van der Waals surface area contributed by atoms with Gasteiger partial charge in [0.1, 0.15) is 5.82 Å². The number of para-hydroxylation sites is 1. The number of sulfonamides is 1. The summed E-state index contributed by atoms with van der Waals surface area (Å²) in [7, 11) is -3.82. The maximum atomic E-state index is 13.5. The third-order valence-electron chi connectivity index (χ3n) is 5.59. The Bertz CT molecular complexity index is 1100. The molecule has 31 heavy (non-hydrogen) atoms. The van der Waals surface area contributed by atoms with Gasteiger partial charge in [-0.3, -0.25) is 9.21 Å². The third-order valence-corrected chi connectivity index (χ3v) is 7.74. The van der Waals surface area contributed by atoms with Gasteiger partial charge >= 0.3 is 0 Å². The predicted octanol–water partition coefficient (Wildman–Crippen LogP) is 5.34. The maximum absolute atomic E-state index is 13.5. The van der Waals surface area contributed by atoms with E-state index in [-0.39, 0.29) is 10.9 Å². The molecule has 0 spiro atoms. The van der Waals surface area contributed by atoms with Crippen molar-refractivity contribution in [3.05, 3.63) is 95.3 Å². The molecule has 4 nitrogen and oxygen atoms in total. The summed E-state index contributed by atoms with van der Waals surface area (Å²) in [6, 6.07) is 21.8. The topological polar surface area (TPSA) is 40.6 Å². The first-order chi connectivity index (χ1) is 14.9. The molecule has 0 aliphatic carbocycles. The predicted molar refractivity (Wildman–Crippen MR) is 122 cm³/mol. The molecule has 162 valence electrons. The highest BCUT2D eigenvalue weighted by molar-refractivity contribution is 7.92. The van der Waals surface area contributed by atoms with Crippen molar-refractivity contribution in [3.8, 4) is 0 Å². The van der Waals surface area contributed by atoms with Crippen molar-refractivity contribution in [2.24, 2.45) is 0 Å². The first kappa shape index (κ1) is 21.8. The Balaban J connectivity index is 1.54. The Kier molecular flexibility index (Phi) is 6.60. The molecule has 3 aromatic carbocycles. The lowest BCUT2D eigenvalue weighted by Gasteiger charge is -2.39. The second-order valence-electron chi connectivity index (χ2n) is 7.72. The number of likely N-dealkylation sites (tertiary alicyclic amines) is 1. The summed E-state index contributed by atoms with van der Waals surface area (Å²) >= 11 is 5.97. The quantitative estimate of drug-likeness (QED) is 0.500. The van der Waals surface area contributed by atoms with E-state index in [4.69, 9.17) is 11.6 Å². The molecule has 1 saturated heterocycles. The molecule has 0 bridgehead atoms. The largest absolute Gasteiger partial charge is 0.299 e. The number of anilines is 1. The van der Waals surface area contributed by atoms with Crippen LogP contribution >= 0.6 is 11.6 Å². The Morgan fingerprint density at radius 3 is 2.13 bits per heavy atom. The zero-order valence-electron chi connectivity index (χ0n) is 17.0. The molecule has 1 fully saturated rings. The molecular weight excluding hydrogens is 435 g/mol. The Hall–Kier alpha value is -2.41. The molecule has 0 radical (unpaired) electrons. The lowest BCUT2D eigenvalue weighted by atomic mass is 10.0. The van der Waals surface area contributed by atoms with Crippen LogP contribution in [0.15, 0.2) is 83.8 Å². The number of hydrogen-bond donors (Lipinski definition) is 0. The molecule has 1 heterocycles. The normalized spacial score (nSPS) is 15.7. The number of hydrogen-bond acceptors (Lipinski definition) is 3. The van der Waals surface area contributed by atoms with Gasteiger partial charge in [0.15, 0.2) is 0 Å². The van der Waals surface area contributed by atoms with E-state index in [1.165, 1.54) is 34.1 Å². The van der Waals surface area contributed by atoms with E-state index in [0.29, 0.717) is 23.6 Å². The summed E-state index contributed by atoms with van der Waals surface area (Å²) in [5.41, 5.74) is 1.81. The van der Waals surface area contributed by atoms with Crippen LogP contribution in [0.5, 0.6) is 0 Å². The maximum Gasteiger partial charge on any atom is 0.264 e. The second kappa shape index (κ2) is 9.39. The zero-order chi connectivity index (χ0) is 21.8. The van der Waals surface area contributed by atoms with Crippen molar-refractivity contribution in [1.82, 2.24) is 4.90 Å². The van der Waals surface area contributed by atoms with Crippen LogP contribution in [0, 0.1) is 5.82 Å². The summed E-state index contributed by atoms with van der Waals surface area (Å²) in [6.45, 7) is 2.38. The van der Waals surface area contributed by atoms with Gasteiger partial charge in [0.05, 0.1) is 10.6 Å². The minimum absolute atomic E-state index is 0.0985. The van der Waals surface area contributed by atoms with Crippen molar-refractivity contribution in [1.29, 1.82) is 0 Å². The number of nitrogens with zero attached hydrogens (tertiary/aromatic N) is 2. The van der Waals surface area contributed by atoms with Crippen LogP contribution in [0.4, 0.5) is 10.1 Å². The third kappa shape index (κ3) is 5.09. The van der Waals surface area contributed by atoms with Crippen LogP contribution in [-0.4, -0.2) is 32.4 Å². The second-order valence-corrected chi connectivity index (χ2v) is 9.98. The van der Waals surface area contributed by atoms with Crippen molar-refractivity contribution in [3.63, 3.8) is 0 Å². The van der Waals surface area contributed by atoms with Gasteiger partial charge in [0, 0.05) is 30.7 Å². The number of piperidine rings is 1. The van der Waals surface area contributed by atoms with Crippen LogP contribution in [0.1, 0.15) is 18.4 Å². The Labute approximate surface area is 187 Å². The molecule has 3 aromatic rings. The van der Waals surface area contributed by atoms with Gasteiger partial charge in [-0.15, -0.1) is 0 Å². The smallest absolute Gasteiger partial charge is 0.264 e. The highest BCUT2D eigenvalue weighted by Gasteiger charge is 2.34. The summed E-state index contributed by atoms with van der Waals surface area (Å²) in [4.78, 5) is 2.43. The molecule has 7 heteroatoms. The lowest BCUT2D eigenvalue weighted by molar-refractivity contribution is 0.206. The van der Waals surface area contributed by atoms with Crippen molar-refractivity contribution < 1.29 is 12.8 Å². The summed E-state index contributed by atoms with van der Waals surface area (Å²) < 4.78 is 41.9. The molecule has 0 amide bonds. The van der Waals surface area contributed by atoms with E-state index < -0.39 is 15.8 Å². The average Bonchev–Trinajstić information content (AvgIpc) is 2.78. The number of rotatable bonds is 6. The summed E-state index contributed by atoms with van der Waals surface area (Å²) in [6.07, 6.45) is 1.42. The van der Waals surface area contributed by atoms with Crippen LogP contribution in [-0.2, 0) is 16.6 Å². The first-order valence-electron chi connectivity index (χ1n) is 10.3. The fourth-order valence-electron chi connectivity index (χ4n) is 4.00. The van der Waals surface area contributed by atoms with Crippen LogP contribution in [0.25, 0.3) is 0 Å². The average molecular weight is 459 g/mol. The number of halogens is 2. The molecule has 1 aliphatic rings. The summed E-state index contributed by atoms with van der Waals surface area (Å²) in [5, 5.41) is 0.715.